The molecule has 156 valence electrons. The van der Waals surface area contributed by atoms with Gasteiger partial charge in [0.2, 0.25) is 10.0 Å². The number of carbonyl (C=O) groups is 1. The molecule has 0 spiro atoms. The summed E-state index contributed by atoms with van der Waals surface area (Å²) in [6.07, 6.45) is 7.16. The van der Waals surface area contributed by atoms with E-state index in [4.69, 9.17) is 0 Å². The van der Waals surface area contributed by atoms with Crippen molar-refractivity contribution in [3.8, 4) is 0 Å². The molecule has 2 aromatic carbocycles. The number of carbonyl (C=O) groups excluding carboxylic acids is 1. The van der Waals surface area contributed by atoms with E-state index in [0.29, 0.717) is 11.3 Å². The third-order valence-electron chi connectivity index (χ3n) is 5.44. The molecule has 0 aliphatic carbocycles. The number of hydrogen-bond donors (Lipinski definition) is 2. The van der Waals surface area contributed by atoms with Crippen LogP contribution in [0, 0.1) is 0 Å². The summed E-state index contributed by atoms with van der Waals surface area (Å²) < 4.78 is 26.0. The maximum atomic E-state index is 12.8. The fourth-order valence-electron chi connectivity index (χ4n) is 3.79. The van der Waals surface area contributed by atoms with Crippen LogP contribution in [0.25, 0.3) is 10.8 Å². The lowest BCUT2D eigenvalue weighted by atomic mass is 10.0. The topological polar surface area (TPSA) is 91.4 Å². The number of sulfonamides is 1. The summed E-state index contributed by atoms with van der Waals surface area (Å²) >= 11 is 0. The Kier molecular flexibility index (Phi) is 5.69. The fourth-order valence-corrected chi connectivity index (χ4v) is 4.52. The fraction of sp³-hybridized carbons (Fsp3) is 0.273. The van der Waals surface area contributed by atoms with Gasteiger partial charge in [0, 0.05) is 47.5 Å². The van der Waals surface area contributed by atoms with Gasteiger partial charge in [0.15, 0.2) is 0 Å². The molecular formula is C22H24N4O3S. The maximum Gasteiger partial charge on any atom is 0.255 e. The molecule has 3 aromatic rings. The SMILES string of the molecule is CNS(=O)(=O)c1ccc(C(=O)Nc2ccc(N3CCCCC3)c3ccncc23)cc1. The minimum Gasteiger partial charge on any atom is -0.371 e. The van der Waals surface area contributed by atoms with E-state index in [-0.39, 0.29) is 10.8 Å². The quantitative estimate of drug-likeness (QED) is 0.655. The number of benzene rings is 2. The Hall–Kier alpha value is -2.97. The van der Waals surface area contributed by atoms with Gasteiger partial charge >= 0.3 is 0 Å². The van der Waals surface area contributed by atoms with Gasteiger partial charge in [-0.1, -0.05) is 0 Å². The van der Waals surface area contributed by atoms with Crippen molar-refractivity contribution in [3.05, 3.63) is 60.4 Å². The summed E-state index contributed by atoms with van der Waals surface area (Å²) in [4.78, 5) is 19.5. The molecule has 1 aliphatic heterocycles. The highest BCUT2D eigenvalue weighted by Gasteiger charge is 2.17. The molecule has 0 bridgehead atoms. The molecular weight excluding hydrogens is 400 g/mol. The molecule has 1 aromatic heterocycles. The number of rotatable bonds is 5. The molecule has 0 saturated carbocycles. The Morgan fingerprint density at radius 1 is 0.967 bits per heavy atom. The minimum atomic E-state index is -3.54. The third kappa shape index (κ3) is 4.01. The van der Waals surface area contributed by atoms with Crippen LogP contribution in [-0.4, -0.2) is 39.4 Å². The van der Waals surface area contributed by atoms with Gasteiger partial charge in [-0.3, -0.25) is 9.78 Å². The van der Waals surface area contributed by atoms with Gasteiger partial charge in [0.1, 0.15) is 0 Å². The average molecular weight is 425 g/mol. The molecule has 1 fully saturated rings. The highest BCUT2D eigenvalue weighted by Crippen LogP contribution is 2.33. The molecule has 1 saturated heterocycles. The van der Waals surface area contributed by atoms with Crippen molar-refractivity contribution in [2.45, 2.75) is 24.2 Å². The van der Waals surface area contributed by atoms with E-state index in [9.17, 15) is 13.2 Å². The first kappa shape index (κ1) is 20.3. The molecule has 2 heterocycles. The molecule has 30 heavy (non-hydrogen) atoms. The van der Waals surface area contributed by atoms with E-state index in [1.165, 1.54) is 50.6 Å². The van der Waals surface area contributed by atoms with Crippen molar-refractivity contribution in [2.75, 3.05) is 30.4 Å². The molecule has 1 amide bonds. The second-order valence-electron chi connectivity index (χ2n) is 7.29. The van der Waals surface area contributed by atoms with E-state index >= 15 is 0 Å². The van der Waals surface area contributed by atoms with Crippen molar-refractivity contribution in [3.63, 3.8) is 0 Å². The van der Waals surface area contributed by atoms with Crippen molar-refractivity contribution < 1.29 is 13.2 Å². The first-order valence-corrected chi connectivity index (χ1v) is 11.4. The van der Waals surface area contributed by atoms with Gasteiger partial charge < -0.3 is 10.2 Å². The largest absolute Gasteiger partial charge is 0.371 e. The van der Waals surface area contributed by atoms with E-state index in [2.05, 4.69) is 19.9 Å². The van der Waals surface area contributed by atoms with Crippen LogP contribution in [-0.2, 0) is 10.0 Å². The first-order valence-electron chi connectivity index (χ1n) is 9.96. The molecule has 2 N–H and O–H groups in total. The molecule has 0 atom stereocenters. The summed E-state index contributed by atoms with van der Waals surface area (Å²) in [5.74, 6) is -0.306. The number of aromatic nitrogens is 1. The van der Waals surface area contributed by atoms with Crippen molar-refractivity contribution in [2.24, 2.45) is 0 Å². The predicted molar refractivity (Wildman–Crippen MR) is 118 cm³/mol. The number of amides is 1. The first-order chi connectivity index (χ1) is 14.5. The Balaban J connectivity index is 1.62. The zero-order valence-corrected chi connectivity index (χ0v) is 17.6. The number of anilines is 2. The van der Waals surface area contributed by atoms with Gasteiger partial charge in [0.05, 0.1) is 10.6 Å². The zero-order valence-electron chi connectivity index (χ0n) is 16.8. The van der Waals surface area contributed by atoms with Crippen LogP contribution in [0.15, 0.2) is 59.8 Å². The van der Waals surface area contributed by atoms with Crippen molar-refractivity contribution >= 4 is 38.1 Å². The molecule has 1 aliphatic rings. The molecule has 4 rings (SSSR count). The van der Waals surface area contributed by atoms with Crippen LogP contribution in [0.3, 0.4) is 0 Å². The maximum absolute atomic E-state index is 12.8. The third-order valence-corrected chi connectivity index (χ3v) is 6.87. The van der Waals surface area contributed by atoms with Crippen LogP contribution >= 0.6 is 0 Å². The van der Waals surface area contributed by atoms with Gasteiger partial charge in [-0.25, -0.2) is 13.1 Å². The van der Waals surface area contributed by atoms with E-state index in [1.807, 2.05) is 18.2 Å². The second kappa shape index (κ2) is 8.41. The second-order valence-corrected chi connectivity index (χ2v) is 9.17. The predicted octanol–water partition coefficient (Wildman–Crippen LogP) is 3.39. The van der Waals surface area contributed by atoms with Crippen LogP contribution < -0.4 is 14.9 Å². The van der Waals surface area contributed by atoms with Gasteiger partial charge in [-0.05, 0) is 68.8 Å². The minimum absolute atomic E-state index is 0.113. The molecule has 0 unspecified atom stereocenters. The summed E-state index contributed by atoms with van der Waals surface area (Å²) in [5, 5.41) is 4.87. The number of hydrogen-bond acceptors (Lipinski definition) is 5. The lowest BCUT2D eigenvalue weighted by molar-refractivity contribution is 0.102. The lowest BCUT2D eigenvalue weighted by Gasteiger charge is -2.30. The Morgan fingerprint density at radius 2 is 1.70 bits per heavy atom. The number of pyridine rings is 1. The van der Waals surface area contributed by atoms with Crippen LogP contribution in [0.2, 0.25) is 0 Å². The van der Waals surface area contributed by atoms with Gasteiger partial charge in [0.25, 0.3) is 5.91 Å². The Bertz CT molecular complexity index is 1170. The molecule has 7 nitrogen and oxygen atoms in total. The van der Waals surface area contributed by atoms with E-state index in [1.54, 1.807) is 12.4 Å². The molecule has 8 heteroatoms. The Labute approximate surface area is 176 Å². The van der Waals surface area contributed by atoms with Crippen molar-refractivity contribution in [1.29, 1.82) is 0 Å². The van der Waals surface area contributed by atoms with Gasteiger partial charge in [-0.15, -0.1) is 0 Å². The number of nitrogens with zero attached hydrogens (tertiary/aromatic N) is 2. The number of piperidine rings is 1. The highest BCUT2D eigenvalue weighted by molar-refractivity contribution is 7.89. The standard InChI is InChI=1S/C22H24N4O3S/c1-23-30(28,29)17-7-5-16(6-8-17)22(27)25-20-9-10-21(26-13-3-2-4-14-26)18-11-12-24-15-19(18)20/h5-12,15,23H,2-4,13-14H2,1H3,(H,25,27). The average Bonchev–Trinajstić information content (AvgIpc) is 2.80. The summed E-state index contributed by atoms with van der Waals surface area (Å²) in [6, 6.07) is 11.8. The van der Waals surface area contributed by atoms with Gasteiger partial charge in [-0.2, -0.15) is 0 Å². The highest BCUT2D eigenvalue weighted by atomic mass is 32.2. The monoisotopic (exact) mass is 424 g/mol. The van der Waals surface area contributed by atoms with Crippen LogP contribution in [0.5, 0.6) is 0 Å². The smallest absolute Gasteiger partial charge is 0.255 e. The summed E-state index contributed by atoms with van der Waals surface area (Å²) in [6.45, 7) is 2.07. The number of fused-ring (bicyclic) bond motifs is 1. The number of nitrogens with one attached hydrogen (secondary N) is 2. The molecule has 0 radical (unpaired) electrons. The zero-order chi connectivity index (χ0) is 21.1. The Morgan fingerprint density at radius 3 is 2.40 bits per heavy atom. The van der Waals surface area contributed by atoms with Crippen molar-refractivity contribution in [1.82, 2.24) is 9.71 Å². The van der Waals surface area contributed by atoms with E-state index in [0.717, 1.165) is 29.5 Å². The summed E-state index contributed by atoms with van der Waals surface area (Å²) in [7, 11) is -2.19. The van der Waals surface area contributed by atoms with E-state index < -0.39 is 10.0 Å². The summed E-state index contributed by atoms with van der Waals surface area (Å²) in [5.41, 5.74) is 2.21. The van der Waals surface area contributed by atoms with Crippen LogP contribution in [0.4, 0.5) is 11.4 Å². The lowest BCUT2D eigenvalue weighted by Crippen LogP contribution is -2.29. The van der Waals surface area contributed by atoms with Crippen LogP contribution in [0.1, 0.15) is 29.6 Å². The normalized spacial score (nSPS) is 14.6.